The van der Waals surface area contributed by atoms with E-state index in [1.54, 1.807) is 31.6 Å². The topological polar surface area (TPSA) is 127 Å². The zero-order valence-corrected chi connectivity index (χ0v) is 21.4. The summed E-state index contributed by atoms with van der Waals surface area (Å²) in [6.07, 6.45) is 5.57. The van der Waals surface area contributed by atoms with E-state index in [1.807, 2.05) is 43.3 Å². The van der Waals surface area contributed by atoms with Crippen molar-refractivity contribution in [1.29, 1.82) is 0 Å². The second-order valence-electron chi connectivity index (χ2n) is 9.14. The summed E-state index contributed by atoms with van der Waals surface area (Å²) in [5.41, 5.74) is 3.24. The first-order valence-electron chi connectivity index (χ1n) is 12.6. The molecule has 38 heavy (non-hydrogen) atoms. The van der Waals surface area contributed by atoms with Crippen molar-refractivity contribution < 1.29 is 9.53 Å². The van der Waals surface area contributed by atoms with E-state index in [0.29, 0.717) is 46.8 Å². The van der Waals surface area contributed by atoms with Crippen molar-refractivity contribution in [2.45, 2.75) is 26.2 Å². The molecule has 4 heterocycles. The third kappa shape index (κ3) is 6.27. The number of amides is 1. The summed E-state index contributed by atoms with van der Waals surface area (Å²) in [6.45, 7) is 3.66. The van der Waals surface area contributed by atoms with Crippen molar-refractivity contribution in [3.8, 4) is 17.3 Å². The number of hydrogen-bond acceptors (Lipinski definition) is 9. The molecule has 0 saturated carbocycles. The SMILES string of the molecule is COc1cc(Cc2nccc(Nc3ccnc(-c4cccc(C)n4)n3)n2)ccc1NC(=O)C1CCNCC1. The maximum absolute atomic E-state index is 12.7. The number of nitrogens with one attached hydrogen (secondary N) is 3. The minimum Gasteiger partial charge on any atom is -0.495 e. The molecule has 1 amide bonds. The van der Waals surface area contributed by atoms with Crippen LogP contribution < -0.4 is 20.7 Å². The lowest BCUT2D eigenvalue weighted by Crippen LogP contribution is -2.34. The summed E-state index contributed by atoms with van der Waals surface area (Å²) in [5.74, 6) is 3.06. The van der Waals surface area contributed by atoms with Gasteiger partial charge >= 0.3 is 0 Å². The number of methoxy groups -OCH3 is 1. The number of carbonyl (C=O) groups excluding carboxylic acids is 1. The lowest BCUT2D eigenvalue weighted by Gasteiger charge is -2.22. The van der Waals surface area contributed by atoms with Crippen molar-refractivity contribution in [2.75, 3.05) is 30.8 Å². The van der Waals surface area contributed by atoms with Gasteiger partial charge < -0.3 is 20.7 Å². The van der Waals surface area contributed by atoms with E-state index < -0.39 is 0 Å². The van der Waals surface area contributed by atoms with E-state index >= 15 is 0 Å². The van der Waals surface area contributed by atoms with E-state index in [0.717, 1.165) is 37.2 Å². The van der Waals surface area contributed by atoms with Gasteiger partial charge in [0.15, 0.2) is 5.82 Å². The van der Waals surface area contributed by atoms with Crippen LogP contribution in [-0.2, 0) is 11.2 Å². The smallest absolute Gasteiger partial charge is 0.227 e. The Balaban J connectivity index is 1.27. The Labute approximate surface area is 221 Å². The first-order chi connectivity index (χ1) is 18.6. The standard InChI is InChI=1S/C28H30N8O2/c1-18-4-3-5-22(32-18)27-31-15-11-25(36-27)34-24-10-14-30-26(35-24)17-19-6-7-21(23(16-19)38-2)33-28(37)20-8-12-29-13-9-20/h3-7,10-11,14-16,20,29H,8-9,12-13,17H2,1-2H3,(H,33,37)(H,30,31,34,35,36). The van der Waals surface area contributed by atoms with Gasteiger partial charge in [-0.15, -0.1) is 0 Å². The van der Waals surface area contributed by atoms with Crippen molar-refractivity contribution >= 4 is 23.2 Å². The van der Waals surface area contributed by atoms with Gasteiger partial charge in [0.05, 0.1) is 12.8 Å². The Bertz CT molecular complexity index is 1420. The van der Waals surface area contributed by atoms with E-state index in [4.69, 9.17) is 4.74 Å². The molecule has 3 N–H and O–H groups in total. The number of carbonyl (C=O) groups is 1. The summed E-state index contributed by atoms with van der Waals surface area (Å²) in [7, 11) is 1.60. The fraction of sp³-hybridized carbons (Fsp3) is 0.286. The number of hydrogen-bond donors (Lipinski definition) is 3. The summed E-state index contributed by atoms with van der Waals surface area (Å²) in [6, 6.07) is 15.1. The molecule has 1 saturated heterocycles. The Morgan fingerprint density at radius 3 is 2.58 bits per heavy atom. The number of benzene rings is 1. The second kappa shape index (κ2) is 11.7. The Kier molecular flexibility index (Phi) is 7.79. The molecule has 10 heteroatoms. The van der Waals surface area contributed by atoms with Gasteiger partial charge in [0, 0.05) is 30.4 Å². The molecule has 0 spiro atoms. The van der Waals surface area contributed by atoms with Crippen LogP contribution in [0.3, 0.4) is 0 Å². The van der Waals surface area contributed by atoms with Crippen molar-refractivity contribution in [1.82, 2.24) is 30.2 Å². The lowest BCUT2D eigenvalue weighted by atomic mass is 9.97. The van der Waals surface area contributed by atoms with Gasteiger partial charge in [-0.2, -0.15) is 0 Å². The number of pyridine rings is 1. The van der Waals surface area contributed by atoms with Crippen LogP contribution in [0.15, 0.2) is 60.9 Å². The molecular weight excluding hydrogens is 480 g/mol. The highest BCUT2D eigenvalue weighted by molar-refractivity contribution is 5.94. The molecule has 10 nitrogen and oxygen atoms in total. The fourth-order valence-electron chi connectivity index (χ4n) is 4.35. The molecule has 1 fully saturated rings. The minimum absolute atomic E-state index is 0.0170. The van der Waals surface area contributed by atoms with Crippen LogP contribution >= 0.6 is 0 Å². The molecule has 0 atom stereocenters. The number of aryl methyl sites for hydroxylation is 1. The monoisotopic (exact) mass is 510 g/mol. The van der Waals surface area contributed by atoms with Crippen molar-refractivity contribution in [3.63, 3.8) is 0 Å². The third-order valence-corrected chi connectivity index (χ3v) is 6.33. The minimum atomic E-state index is 0.0170. The highest BCUT2D eigenvalue weighted by atomic mass is 16.5. The molecule has 5 rings (SSSR count). The summed E-state index contributed by atoms with van der Waals surface area (Å²) < 4.78 is 5.57. The molecule has 1 aliphatic heterocycles. The molecule has 0 radical (unpaired) electrons. The van der Waals surface area contributed by atoms with Gasteiger partial charge in [0.1, 0.15) is 28.9 Å². The number of aromatic nitrogens is 5. The van der Waals surface area contributed by atoms with Crippen LogP contribution in [-0.4, -0.2) is 51.0 Å². The largest absolute Gasteiger partial charge is 0.495 e. The zero-order chi connectivity index (χ0) is 26.3. The molecule has 1 aliphatic rings. The van der Waals surface area contributed by atoms with Gasteiger partial charge in [-0.3, -0.25) is 4.79 Å². The van der Waals surface area contributed by atoms with E-state index in [2.05, 4.69) is 40.9 Å². The van der Waals surface area contributed by atoms with Crippen LogP contribution in [0.2, 0.25) is 0 Å². The highest BCUT2D eigenvalue weighted by Gasteiger charge is 2.22. The molecule has 0 bridgehead atoms. The van der Waals surface area contributed by atoms with Gasteiger partial charge in [-0.25, -0.2) is 24.9 Å². The fourth-order valence-corrected chi connectivity index (χ4v) is 4.35. The highest BCUT2D eigenvalue weighted by Crippen LogP contribution is 2.28. The third-order valence-electron chi connectivity index (χ3n) is 6.33. The molecule has 0 unspecified atom stereocenters. The molecule has 1 aromatic carbocycles. The van der Waals surface area contributed by atoms with Crippen LogP contribution in [0.1, 0.15) is 29.9 Å². The summed E-state index contributed by atoms with van der Waals surface area (Å²) >= 11 is 0. The number of nitrogens with zero attached hydrogens (tertiary/aromatic N) is 5. The first-order valence-corrected chi connectivity index (χ1v) is 12.6. The van der Waals surface area contributed by atoms with Gasteiger partial charge in [0.2, 0.25) is 5.91 Å². The Morgan fingerprint density at radius 2 is 1.79 bits per heavy atom. The Morgan fingerprint density at radius 1 is 1.00 bits per heavy atom. The first kappa shape index (κ1) is 25.2. The van der Waals surface area contributed by atoms with Gasteiger partial charge in [-0.05, 0) is 74.8 Å². The molecule has 194 valence electrons. The second-order valence-corrected chi connectivity index (χ2v) is 9.14. The van der Waals surface area contributed by atoms with E-state index in [1.165, 1.54) is 0 Å². The van der Waals surface area contributed by atoms with Gasteiger partial charge in [-0.1, -0.05) is 12.1 Å². The average Bonchev–Trinajstić information content (AvgIpc) is 2.94. The van der Waals surface area contributed by atoms with E-state index in [9.17, 15) is 4.79 Å². The van der Waals surface area contributed by atoms with Crippen LogP contribution in [0.25, 0.3) is 11.5 Å². The average molecular weight is 511 g/mol. The normalized spacial score (nSPS) is 13.6. The van der Waals surface area contributed by atoms with Crippen molar-refractivity contribution in [2.24, 2.45) is 5.92 Å². The van der Waals surface area contributed by atoms with E-state index in [-0.39, 0.29) is 11.8 Å². The zero-order valence-electron chi connectivity index (χ0n) is 21.4. The predicted molar refractivity (Wildman–Crippen MR) is 145 cm³/mol. The molecule has 3 aromatic heterocycles. The van der Waals surface area contributed by atoms with Crippen LogP contribution in [0.4, 0.5) is 17.3 Å². The van der Waals surface area contributed by atoms with Gasteiger partial charge in [0.25, 0.3) is 0 Å². The molecule has 4 aromatic rings. The maximum Gasteiger partial charge on any atom is 0.227 e. The number of piperidine rings is 1. The predicted octanol–water partition coefficient (Wildman–Crippen LogP) is 3.92. The summed E-state index contributed by atoms with van der Waals surface area (Å²) in [4.78, 5) is 35.2. The van der Waals surface area contributed by atoms with Crippen molar-refractivity contribution in [3.05, 3.63) is 78.0 Å². The number of ether oxygens (including phenoxy) is 1. The summed E-state index contributed by atoms with van der Waals surface area (Å²) in [5, 5.41) is 9.55. The number of anilines is 3. The lowest BCUT2D eigenvalue weighted by molar-refractivity contribution is -0.120. The Hall–Kier alpha value is -4.44. The molecular formula is C28H30N8O2. The van der Waals surface area contributed by atoms with Crippen LogP contribution in [0, 0.1) is 12.8 Å². The quantitative estimate of drug-likeness (QED) is 0.323. The van der Waals surface area contributed by atoms with Crippen LogP contribution in [0.5, 0.6) is 5.75 Å². The maximum atomic E-state index is 12.7. The molecule has 0 aliphatic carbocycles. The number of rotatable bonds is 8.